The topological polar surface area (TPSA) is 98.7 Å². The summed E-state index contributed by atoms with van der Waals surface area (Å²) in [5, 5.41) is 16.3. The Morgan fingerprint density at radius 3 is 2.71 bits per heavy atom. The number of halogens is 2. The Kier molecular flexibility index (Phi) is 5.68. The maximum absolute atomic E-state index is 13.5. The maximum Gasteiger partial charge on any atom is 0.268 e. The Morgan fingerprint density at radius 2 is 2.00 bits per heavy atom. The lowest BCUT2D eigenvalue weighted by Gasteiger charge is -2.22. The number of aliphatic hydroxyl groups is 1. The molecule has 0 radical (unpaired) electrons. The number of hydrogen-bond donors (Lipinski definition) is 3. The van der Waals surface area contributed by atoms with E-state index < -0.39 is 23.2 Å². The quantitative estimate of drug-likeness (QED) is 0.593. The van der Waals surface area contributed by atoms with E-state index in [0.29, 0.717) is 16.8 Å². The molecule has 2 aliphatic rings. The summed E-state index contributed by atoms with van der Waals surface area (Å²) >= 11 is 5.80. The van der Waals surface area contributed by atoms with Crippen LogP contribution in [-0.4, -0.2) is 41.0 Å². The van der Waals surface area contributed by atoms with E-state index >= 15 is 0 Å². The van der Waals surface area contributed by atoms with Gasteiger partial charge in [0, 0.05) is 41.8 Å². The molecule has 2 aromatic rings. The van der Waals surface area contributed by atoms with Gasteiger partial charge in [0.05, 0.1) is 0 Å². The molecule has 31 heavy (non-hydrogen) atoms. The number of carbonyl (C=O) groups is 3. The number of benzene rings is 2. The Labute approximate surface area is 183 Å². The van der Waals surface area contributed by atoms with Crippen LogP contribution in [0, 0.1) is 5.82 Å². The first-order valence-electron chi connectivity index (χ1n) is 9.95. The first-order valence-corrected chi connectivity index (χ1v) is 10.3. The molecule has 3 amide bonds. The lowest BCUT2D eigenvalue weighted by molar-refractivity contribution is -0.149. The molecule has 0 bridgehead atoms. The highest BCUT2D eigenvalue weighted by Gasteiger charge is 2.51. The highest BCUT2D eigenvalue weighted by Crippen LogP contribution is 2.29. The molecule has 1 saturated carbocycles. The molecule has 4 rings (SSSR count). The van der Waals surface area contributed by atoms with Crippen LogP contribution < -0.4 is 15.5 Å². The molecule has 1 aliphatic carbocycles. The average Bonchev–Trinajstić information content (AvgIpc) is 3.49. The summed E-state index contributed by atoms with van der Waals surface area (Å²) in [6.45, 7) is 0.0188. The van der Waals surface area contributed by atoms with Crippen LogP contribution >= 0.6 is 11.6 Å². The monoisotopic (exact) mass is 445 g/mol. The molecule has 3 N–H and O–H groups in total. The molecule has 0 aromatic heterocycles. The van der Waals surface area contributed by atoms with Gasteiger partial charge in [0.2, 0.25) is 5.60 Å². The van der Waals surface area contributed by atoms with Gasteiger partial charge in [-0.15, -0.1) is 0 Å². The second-order valence-corrected chi connectivity index (χ2v) is 8.26. The fourth-order valence-corrected chi connectivity index (χ4v) is 3.76. The zero-order valence-electron chi connectivity index (χ0n) is 16.5. The number of carbonyl (C=O) groups excluding carboxylic acids is 3. The van der Waals surface area contributed by atoms with Crippen molar-refractivity contribution in [2.24, 2.45) is 0 Å². The van der Waals surface area contributed by atoms with Crippen LogP contribution in [0.1, 0.15) is 35.2 Å². The lowest BCUT2D eigenvalue weighted by atomic mass is 10.0. The fraction of sp³-hybridized carbons (Fsp3) is 0.318. The van der Waals surface area contributed by atoms with Crippen molar-refractivity contribution in [2.45, 2.75) is 37.5 Å². The Bertz CT molecular complexity index is 1040. The predicted molar refractivity (Wildman–Crippen MR) is 112 cm³/mol. The van der Waals surface area contributed by atoms with Gasteiger partial charge in [-0.3, -0.25) is 14.4 Å². The van der Waals surface area contributed by atoms with Crippen LogP contribution in [0.25, 0.3) is 0 Å². The zero-order valence-corrected chi connectivity index (χ0v) is 17.3. The molecule has 2 aromatic carbocycles. The van der Waals surface area contributed by atoms with Crippen molar-refractivity contribution in [1.29, 1.82) is 0 Å². The molecule has 2 fully saturated rings. The summed E-state index contributed by atoms with van der Waals surface area (Å²) in [5.74, 6) is -2.42. The Morgan fingerprint density at radius 1 is 1.23 bits per heavy atom. The van der Waals surface area contributed by atoms with Crippen LogP contribution in [0.4, 0.5) is 10.1 Å². The minimum Gasteiger partial charge on any atom is -0.372 e. The van der Waals surface area contributed by atoms with Crippen molar-refractivity contribution >= 4 is 35.0 Å². The van der Waals surface area contributed by atoms with E-state index in [-0.39, 0.29) is 36.5 Å². The lowest BCUT2D eigenvalue weighted by Crippen LogP contribution is -2.52. The average molecular weight is 446 g/mol. The molecule has 9 heteroatoms. The molecule has 1 saturated heterocycles. The second kappa shape index (κ2) is 8.28. The van der Waals surface area contributed by atoms with Crippen LogP contribution in [-0.2, 0) is 16.1 Å². The molecule has 0 spiro atoms. The summed E-state index contributed by atoms with van der Waals surface area (Å²) in [6, 6.07) is 10.5. The fourth-order valence-electron chi connectivity index (χ4n) is 3.52. The van der Waals surface area contributed by atoms with Gasteiger partial charge in [-0.1, -0.05) is 17.7 Å². The van der Waals surface area contributed by atoms with Crippen molar-refractivity contribution in [1.82, 2.24) is 10.6 Å². The first-order chi connectivity index (χ1) is 14.8. The third-order valence-corrected chi connectivity index (χ3v) is 5.60. The van der Waals surface area contributed by atoms with Crippen LogP contribution in [0.15, 0.2) is 42.5 Å². The predicted octanol–water partition coefficient (Wildman–Crippen LogP) is 2.16. The summed E-state index contributed by atoms with van der Waals surface area (Å²) in [5.41, 5.74) is -1.02. The zero-order chi connectivity index (χ0) is 22.2. The minimum atomic E-state index is -2.25. The van der Waals surface area contributed by atoms with Crippen molar-refractivity contribution in [3.63, 3.8) is 0 Å². The van der Waals surface area contributed by atoms with Crippen LogP contribution in [0.2, 0.25) is 5.02 Å². The normalized spacial score (nSPS) is 20.6. The van der Waals surface area contributed by atoms with Gasteiger partial charge in [-0.2, -0.15) is 0 Å². The number of rotatable bonds is 6. The number of amides is 3. The van der Waals surface area contributed by atoms with Gasteiger partial charge in [-0.05, 0) is 54.8 Å². The molecular formula is C22H21ClFN3O4. The summed E-state index contributed by atoms with van der Waals surface area (Å²) in [6.07, 6.45) is 1.81. The first kappa shape index (κ1) is 21.3. The van der Waals surface area contributed by atoms with E-state index in [1.807, 2.05) is 0 Å². The van der Waals surface area contributed by atoms with E-state index in [4.69, 9.17) is 11.6 Å². The van der Waals surface area contributed by atoms with Gasteiger partial charge < -0.3 is 20.6 Å². The molecule has 1 atom stereocenters. The summed E-state index contributed by atoms with van der Waals surface area (Å²) in [4.78, 5) is 39.1. The van der Waals surface area contributed by atoms with Gasteiger partial charge in [0.25, 0.3) is 17.7 Å². The molecule has 1 aliphatic heterocycles. The SMILES string of the molecule is O=C(NC1CC1)c1cccc(N2CC[C@@](O)(C(=O)NCc3cc(F)cc(Cl)c3)C2=O)c1. The Balaban J connectivity index is 1.44. The van der Waals surface area contributed by atoms with Crippen molar-refractivity contribution < 1.29 is 23.9 Å². The molecule has 7 nitrogen and oxygen atoms in total. The van der Waals surface area contributed by atoms with E-state index in [9.17, 15) is 23.9 Å². The largest absolute Gasteiger partial charge is 0.372 e. The standard InChI is InChI=1S/C22H21ClFN3O4/c23-15-8-13(9-16(24)11-15)12-25-20(29)22(31)6-7-27(21(22)30)18-3-1-2-14(10-18)19(28)26-17-4-5-17/h1-3,8-11,17,31H,4-7,12H2,(H,25,29)(H,26,28)/t22-/m1/s1. The molecule has 0 unspecified atom stereocenters. The van der Waals surface area contributed by atoms with Crippen molar-refractivity contribution in [3.05, 3.63) is 64.4 Å². The highest BCUT2D eigenvalue weighted by atomic mass is 35.5. The molecular weight excluding hydrogens is 425 g/mol. The highest BCUT2D eigenvalue weighted by molar-refractivity contribution is 6.30. The number of anilines is 1. The minimum absolute atomic E-state index is 0.0945. The second-order valence-electron chi connectivity index (χ2n) is 7.83. The summed E-state index contributed by atoms with van der Waals surface area (Å²) < 4.78 is 13.5. The Hall–Kier alpha value is -2.97. The van der Waals surface area contributed by atoms with Crippen molar-refractivity contribution in [2.75, 3.05) is 11.4 Å². The van der Waals surface area contributed by atoms with Gasteiger partial charge in [-0.25, -0.2) is 4.39 Å². The van der Waals surface area contributed by atoms with E-state index in [1.54, 1.807) is 24.3 Å². The third-order valence-electron chi connectivity index (χ3n) is 5.38. The number of nitrogens with zero attached hydrogens (tertiary/aromatic N) is 1. The van der Waals surface area contributed by atoms with E-state index in [0.717, 1.165) is 18.9 Å². The molecule has 1 heterocycles. The van der Waals surface area contributed by atoms with Gasteiger partial charge in [0.15, 0.2) is 0 Å². The molecule has 162 valence electrons. The number of nitrogens with one attached hydrogen (secondary N) is 2. The smallest absolute Gasteiger partial charge is 0.268 e. The summed E-state index contributed by atoms with van der Waals surface area (Å²) in [7, 11) is 0. The van der Waals surface area contributed by atoms with Gasteiger partial charge in [0.1, 0.15) is 5.82 Å². The van der Waals surface area contributed by atoms with Gasteiger partial charge >= 0.3 is 0 Å². The van der Waals surface area contributed by atoms with Crippen LogP contribution in [0.5, 0.6) is 0 Å². The number of hydrogen-bond acceptors (Lipinski definition) is 4. The van der Waals surface area contributed by atoms with Crippen LogP contribution in [0.3, 0.4) is 0 Å². The maximum atomic E-state index is 13.5. The van der Waals surface area contributed by atoms with E-state index in [2.05, 4.69) is 10.6 Å². The third kappa shape index (κ3) is 4.55. The van der Waals surface area contributed by atoms with E-state index in [1.165, 1.54) is 17.0 Å². The van der Waals surface area contributed by atoms with Crippen molar-refractivity contribution in [3.8, 4) is 0 Å².